The van der Waals surface area contributed by atoms with Crippen LogP contribution < -0.4 is 20.1 Å². The Morgan fingerprint density at radius 2 is 1.91 bits per heavy atom. The number of para-hydroxylation sites is 2. The molecule has 1 aliphatic rings. The van der Waals surface area contributed by atoms with Crippen molar-refractivity contribution in [2.45, 2.75) is 11.3 Å². The van der Waals surface area contributed by atoms with Crippen LogP contribution in [0.4, 0.5) is 14.5 Å². The minimum atomic E-state index is -1.08. The van der Waals surface area contributed by atoms with E-state index in [1.807, 2.05) is 18.2 Å². The van der Waals surface area contributed by atoms with Gasteiger partial charge in [-0.25, -0.2) is 8.78 Å². The summed E-state index contributed by atoms with van der Waals surface area (Å²) in [6, 6.07) is 10.3. The summed E-state index contributed by atoms with van der Waals surface area (Å²) < 4.78 is 39.5. The van der Waals surface area contributed by atoms with Crippen LogP contribution in [0.5, 0.6) is 11.5 Å². The molecular weight excluding hydrogens is 456 g/mol. The highest BCUT2D eigenvalue weighted by Gasteiger charge is 2.27. The number of halogens is 2. The second-order valence-corrected chi connectivity index (χ2v) is 7.95. The fraction of sp³-hybridized carbons (Fsp3) is 0.238. The minimum Gasteiger partial charge on any atom is -0.485 e. The molecule has 0 aliphatic carbocycles. The molecule has 0 bridgehead atoms. The van der Waals surface area contributed by atoms with Crippen LogP contribution in [-0.2, 0) is 16.6 Å². The third kappa shape index (κ3) is 5.40. The molecule has 1 aromatic heterocycles. The lowest BCUT2D eigenvalue weighted by molar-refractivity contribution is -0.122. The van der Waals surface area contributed by atoms with Gasteiger partial charge in [0.2, 0.25) is 11.8 Å². The van der Waals surface area contributed by atoms with Gasteiger partial charge in [-0.1, -0.05) is 23.9 Å². The van der Waals surface area contributed by atoms with Gasteiger partial charge >= 0.3 is 0 Å². The molecule has 2 N–H and O–H groups in total. The molecule has 172 valence electrons. The van der Waals surface area contributed by atoms with Crippen molar-refractivity contribution in [3.05, 3.63) is 59.9 Å². The SMILES string of the molecule is Cn1c(SCC(=O)NCC(=O)Nc2ccc(F)c(F)c2)nnc1C1COc2ccccc2O1. The number of carbonyl (C=O) groups excluding carboxylic acids is 2. The normalized spacial score (nSPS) is 14.6. The number of hydrogen-bond acceptors (Lipinski definition) is 7. The first-order valence-electron chi connectivity index (χ1n) is 9.83. The maximum absolute atomic E-state index is 13.2. The fourth-order valence-corrected chi connectivity index (χ4v) is 3.77. The average Bonchev–Trinajstić information content (AvgIpc) is 3.18. The van der Waals surface area contributed by atoms with Crippen LogP contribution in [0.2, 0.25) is 0 Å². The van der Waals surface area contributed by atoms with E-state index in [-0.39, 0.29) is 24.6 Å². The Balaban J connectivity index is 1.25. The van der Waals surface area contributed by atoms with Gasteiger partial charge in [-0.05, 0) is 24.3 Å². The van der Waals surface area contributed by atoms with E-state index in [9.17, 15) is 18.4 Å². The van der Waals surface area contributed by atoms with Crippen molar-refractivity contribution in [1.29, 1.82) is 0 Å². The zero-order chi connectivity index (χ0) is 23.4. The van der Waals surface area contributed by atoms with Gasteiger partial charge < -0.3 is 24.7 Å². The largest absolute Gasteiger partial charge is 0.485 e. The van der Waals surface area contributed by atoms with Crippen molar-refractivity contribution >= 4 is 29.3 Å². The number of nitrogens with one attached hydrogen (secondary N) is 2. The van der Waals surface area contributed by atoms with Gasteiger partial charge in [0, 0.05) is 18.8 Å². The van der Waals surface area contributed by atoms with Gasteiger partial charge in [0.25, 0.3) is 0 Å². The van der Waals surface area contributed by atoms with Crippen molar-refractivity contribution in [2.24, 2.45) is 7.05 Å². The Morgan fingerprint density at radius 1 is 1.12 bits per heavy atom. The molecule has 33 heavy (non-hydrogen) atoms. The van der Waals surface area contributed by atoms with E-state index in [0.29, 0.717) is 22.5 Å². The number of carbonyl (C=O) groups is 2. The highest BCUT2D eigenvalue weighted by molar-refractivity contribution is 7.99. The second kappa shape index (κ2) is 9.86. The number of anilines is 1. The number of ether oxygens (including phenoxy) is 2. The van der Waals surface area contributed by atoms with Crippen molar-refractivity contribution in [3.8, 4) is 11.5 Å². The summed E-state index contributed by atoms with van der Waals surface area (Å²) in [5, 5.41) is 13.6. The van der Waals surface area contributed by atoms with E-state index in [4.69, 9.17) is 9.47 Å². The zero-order valence-electron chi connectivity index (χ0n) is 17.4. The Hall–Kier alpha value is -3.67. The molecule has 2 heterocycles. The number of rotatable bonds is 7. The first kappa shape index (κ1) is 22.5. The van der Waals surface area contributed by atoms with E-state index >= 15 is 0 Å². The summed E-state index contributed by atoms with van der Waals surface area (Å²) >= 11 is 1.14. The Labute approximate surface area is 191 Å². The van der Waals surface area contributed by atoms with Crippen LogP contribution in [-0.4, -0.2) is 45.5 Å². The van der Waals surface area contributed by atoms with E-state index < -0.39 is 29.6 Å². The lowest BCUT2D eigenvalue weighted by atomic mass is 10.2. The molecule has 2 aromatic carbocycles. The van der Waals surface area contributed by atoms with Crippen molar-refractivity contribution in [3.63, 3.8) is 0 Å². The van der Waals surface area contributed by atoms with E-state index in [0.717, 1.165) is 23.9 Å². The molecule has 9 nitrogen and oxygen atoms in total. The quantitative estimate of drug-likeness (QED) is 0.506. The molecule has 12 heteroatoms. The molecule has 0 saturated carbocycles. The minimum absolute atomic E-state index is 0.00468. The van der Waals surface area contributed by atoms with Gasteiger partial charge in [-0.3, -0.25) is 9.59 Å². The molecule has 1 unspecified atom stereocenters. The summed E-state index contributed by atoms with van der Waals surface area (Å²) in [6.07, 6.45) is -0.444. The number of hydrogen-bond donors (Lipinski definition) is 2. The van der Waals surface area contributed by atoms with Crippen LogP contribution >= 0.6 is 11.8 Å². The van der Waals surface area contributed by atoms with Crippen molar-refractivity contribution in [2.75, 3.05) is 24.2 Å². The van der Waals surface area contributed by atoms with Crippen LogP contribution in [0, 0.1) is 11.6 Å². The maximum Gasteiger partial charge on any atom is 0.243 e. The highest BCUT2D eigenvalue weighted by Crippen LogP contribution is 2.35. The number of nitrogens with zero attached hydrogens (tertiary/aromatic N) is 3. The monoisotopic (exact) mass is 475 g/mol. The van der Waals surface area contributed by atoms with Crippen LogP contribution in [0.1, 0.15) is 11.9 Å². The predicted octanol–water partition coefficient (Wildman–Crippen LogP) is 2.45. The predicted molar refractivity (Wildman–Crippen MR) is 115 cm³/mol. The number of benzene rings is 2. The molecule has 0 fully saturated rings. The molecule has 0 radical (unpaired) electrons. The van der Waals surface area contributed by atoms with Gasteiger partial charge in [0.15, 0.2) is 40.2 Å². The third-order valence-electron chi connectivity index (χ3n) is 4.65. The number of amides is 2. The second-order valence-electron chi connectivity index (χ2n) is 7.01. The Bertz CT molecular complexity index is 1190. The van der Waals surface area contributed by atoms with E-state index in [1.165, 1.54) is 6.07 Å². The number of aromatic nitrogens is 3. The maximum atomic E-state index is 13.2. The molecule has 4 rings (SSSR count). The first-order valence-corrected chi connectivity index (χ1v) is 10.8. The molecule has 2 amide bonds. The lowest BCUT2D eigenvalue weighted by Gasteiger charge is -2.25. The lowest BCUT2D eigenvalue weighted by Crippen LogP contribution is -2.34. The topological polar surface area (TPSA) is 107 Å². The number of fused-ring (bicyclic) bond motifs is 1. The standard InChI is InChI=1S/C21H19F2N5O4S/c1-28-20(17-10-31-15-4-2-3-5-16(15)32-17)26-27-21(28)33-11-19(30)24-9-18(29)25-12-6-7-13(22)14(23)8-12/h2-8,17H,9-11H2,1H3,(H,24,30)(H,25,29). The van der Waals surface area contributed by atoms with E-state index in [1.54, 1.807) is 17.7 Å². The first-order chi connectivity index (χ1) is 15.9. The fourth-order valence-electron chi connectivity index (χ4n) is 3.02. The molecular formula is C21H19F2N5O4S. The summed E-state index contributed by atoms with van der Waals surface area (Å²) in [4.78, 5) is 24.0. The average molecular weight is 475 g/mol. The van der Waals surface area contributed by atoms with Gasteiger partial charge in [0.1, 0.15) is 6.61 Å². The van der Waals surface area contributed by atoms with Gasteiger partial charge in [-0.2, -0.15) is 0 Å². The smallest absolute Gasteiger partial charge is 0.243 e. The Kier molecular flexibility index (Phi) is 6.73. The summed E-state index contributed by atoms with van der Waals surface area (Å²) in [5.74, 6) is -1.24. The number of thioether (sulfide) groups is 1. The van der Waals surface area contributed by atoms with Gasteiger partial charge in [0.05, 0.1) is 12.3 Å². The molecule has 3 aromatic rings. The van der Waals surface area contributed by atoms with Crippen molar-refractivity contribution < 1.29 is 27.8 Å². The third-order valence-corrected chi connectivity index (χ3v) is 5.67. The summed E-state index contributed by atoms with van der Waals surface area (Å²) in [7, 11) is 1.76. The molecule has 1 aliphatic heterocycles. The van der Waals surface area contributed by atoms with Gasteiger partial charge in [-0.15, -0.1) is 10.2 Å². The van der Waals surface area contributed by atoms with Crippen molar-refractivity contribution in [1.82, 2.24) is 20.1 Å². The molecule has 0 spiro atoms. The van der Waals surface area contributed by atoms with Crippen LogP contribution in [0.15, 0.2) is 47.6 Å². The molecule has 1 atom stereocenters. The van der Waals surface area contributed by atoms with E-state index in [2.05, 4.69) is 20.8 Å². The van der Waals surface area contributed by atoms with Crippen LogP contribution in [0.3, 0.4) is 0 Å². The summed E-state index contributed by atoms with van der Waals surface area (Å²) in [6.45, 7) is -0.0453. The Morgan fingerprint density at radius 3 is 2.70 bits per heavy atom. The zero-order valence-corrected chi connectivity index (χ0v) is 18.2. The summed E-state index contributed by atoms with van der Waals surface area (Å²) in [5.41, 5.74) is 0.0886. The van der Waals surface area contributed by atoms with Crippen LogP contribution in [0.25, 0.3) is 0 Å². The molecule has 0 saturated heterocycles. The highest BCUT2D eigenvalue weighted by atomic mass is 32.2.